The maximum Gasteiger partial charge on any atom is 0.115 e. The van der Waals surface area contributed by atoms with Crippen molar-refractivity contribution in [1.29, 1.82) is 0 Å². The van der Waals surface area contributed by atoms with Gasteiger partial charge in [-0.2, -0.15) is 0 Å². The Morgan fingerprint density at radius 1 is 1.00 bits per heavy atom. The van der Waals surface area contributed by atoms with Crippen LogP contribution in [0.2, 0.25) is 0 Å². The minimum atomic E-state index is 0.339. The molecule has 0 aliphatic carbocycles. The minimum Gasteiger partial charge on any atom is -0.508 e. The lowest BCUT2D eigenvalue weighted by Crippen LogP contribution is -2.05. The van der Waals surface area contributed by atoms with Crippen LogP contribution >= 0.6 is 31.9 Å². The van der Waals surface area contributed by atoms with Gasteiger partial charge in [-0.25, -0.2) is 0 Å². The van der Waals surface area contributed by atoms with Gasteiger partial charge in [-0.1, -0.05) is 63.8 Å². The highest BCUT2D eigenvalue weighted by molar-refractivity contribution is 9.09. The summed E-state index contributed by atoms with van der Waals surface area (Å²) in [7, 11) is 0. The van der Waals surface area contributed by atoms with Crippen LogP contribution in [0, 0.1) is 0 Å². The molecule has 18 heavy (non-hydrogen) atoms. The monoisotopic (exact) mass is 376 g/mol. The third-order valence-corrected chi connectivity index (χ3v) is 4.73. The molecule has 1 rings (SSSR count). The molecule has 0 saturated heterocycles. The Morgan fingerprint density at radius 3 is 2.22 bits per heavy atom. The number of halogens is 2. The summed E-state index contributed by atoms with van der Waals surface area (Å²) in [6.45, 7) is 2.23. The summed E-state index contributed by atoms with van der Waals surface area (Å²) < 4.78 is 0. The molecular formula is C15H22Br2O. The van der Waals surface area contributed by atoms with Gasteiger partial charge in [0.05, 0.1) is 0 Å². The largest absolute Gasteiger partial charge is 0.508 e. The zero-order valence-electron chi connectivity index (χ0n) is 10.9. The van der Waals surface area contributed by atoms with E-state index in [4.69, 9.17) is 0 Å². The van der Waals surface area contributed by atoms with Crippen molar-refractivity contribution in [2.45, 2.75) is 55.1 Å². The van der Waals surface area contributed by atoms with Gasteiger partial charge in [-0.3, -0.25) is 0 Å². The number of hydrogen-bond acceptors (Lipinski definition) is 1. The molecule has 0 aromatic heterocycles. The van der Waals surface area contributed by atoms with Crippen LogP contribution < -0.4 is 0 Å². The molecule has 0 aliphatic heterocycles. The Morgan fingerprint density at radius 2 is 1.61 bits per heavy atom. The molecule has 0 bridgehead atoms. The van der Waals surface area contributed by atoms with Gasteiger partial charge < -0.3 is 5.11 Å². The van der Waals surface area contributed by atoms with E-state index in [1.807, 2.05) is 12.1 Å². The van der Waals surface area contributed by atoms with Gasteiger partial charge in [0.1, 0.15) is 5.75 Å². The quantitative estimate of drug-likeness (QED) is 0.598. The fraction of sp³-hybridized carbons (Fsp3) is 0.600. The van der Waals surface area contributed by atoms with Gasteiger partial charge in [0, 0.05) is 9.65 Å². The van der Waals surface area contributed by atoms with Gasteiger partial charge in [0.25, 0.3) is 0 Å². The standard InChI is InChI=1S/C15H22Br2O/c1-2-4-13(16)5-3-6-14(17)11-12-7-9-15(18)10-8-12/h7-10,13-14,18H,2-6,11H2,1H3. The van der Waals surface area contributed by atoms with Crippen molar-refractivity contribution >= 4 is 31.9 Å². The van der Waals surface area contributed by atoms with Gasteiger partial charge in [-0.15, -0.1) is 0 Å². The second-order valence-electron chi connectivity index (χ2n) is 4.78. The number of phenols is 1. The molecular weight excluding hydrogens is 356 g/mol. The average Bonchev–Trinajstić information content (AvgIpc) is 2.32. The van der Waals surface area contributed by atoms with Gasteiger partial charge in [-0.05, 0) is 43.4 Å². The van der Waals surface area contributed by atoms with Crippen molar-refractivity contribution < 1.29 is 5.11 Å². The first kappa shape index (κ1) is 16.0. The molecule has 0 heterocycles. The van der Waals surface area contributed by atoms with Gasteiger partial charge in [0.15, 0.2) is 0 Å². The van der Waals surface area contributed by atoms with Crippen molar-refractivity contribution in [3.63, 3.8) is 0 Å². The lowest BCUT2D eigenvalue weighted by molar-refractivity contribution is 0.475. The summed E-state index contributed by atoms with van der Waals surface area (Å²) in [5, 5.41) is 9.23. The van der Waals surface area contributed by atoms with Crippen molar-refractivity contribution in [3.8, 4) is 5.75 Å². The molecule has 0 spiro atoms. The fourth-order valence-corrected chi connectivity index (χ4v) is 3.49. The number of aromatic hydroxyl groups is 1. The van der Waals surface area contributed by atoms with Gasteiger partial charge in [0.2, 0.25) is 0 Å². The van der Waals surface area contributed by atoms with E-state index in [0.29, 0.717) is 15.4 Å². The predicted molar refractivity (Wildman–Crippen MR) is 86.0 cm³/mol. The summed E-state index contributed by atoms with van der Waals surface area (Å²) >= 11 is 7.46. The Labute approximate surface area is 127 Å². The van der Waals surface area contributed by atoms with E-state index in [1.54, 1.807) is 12.1 Å². The van der Waals surface area contributed by atoms with Crippen LogP contribution in [-0.4, -0.2) is 14.8 Å². The Kier molecular flexibility index (Phi) is 8.00. The molecule has 102 valence electrons. The number of rotatable bonds is 8. The van der Waals surface area contributed by atoms with Crippen LogP contribution in [0.3, 0.4) is 0 Å². The summed E-state index contributed by atoms with van der Waals surface area (Å²) in [4.78, 5) is 1.21. The number of hydrogen-bond donors (Lipinski definition) is 1. The first-order chi connectivity index (χ1) is 8.61. The van der Waals surface area contributed by atoms with Crippen LogP contribution in [0.15, 0.2) is 24.3 Å². The van der Waals surface area contributed by atoms with Crippen LogP contribution in [0.5, 0.6) is 5.75 Å². The zero-order chi connectivity index (χ0) is 13.4. The highest BCUT2D eigenvalue weighted by Crippen LogP contribution is 2.21. The van der Waals surface area contributed by atoms with Crippen LogP contribution in [0.4, 0.5) is 0 Å². The minimum absolute atomic E-state index is 0.339. The van der Waals surface area contributed by atoms with E-state index in [2.05, 4.69) is 38.8 Å². The van der Waals surface area contributed by atoms with E-state index in [9.17, 15) is 5.11 Å². The van der Waals surface area contributed by atoms with Crippen molar-refractivity contribution in [3.05, 3.63) is 29.8 Å². The van der Waals surface area contributed by atoms with Crippen LogP contribution in [0.25, 0.3) is 0 Å². The van der Waals surface area contributed by atoms with Gasteiger partial charge >= 0.3 is 0 Å². The summed E-state index contributed by atoms with van der Waals surface area (Å²) in [6, 6.07) is 7.50. The van der Waals surface area contributed by atoms with Crippen LogP contribution in [-0.2, 0) is 6.42 Å². The average molecular weight is 378 g/mol. The fourth-order valence-electron chi connectivity index (χ4n) is 2.01. The number of phenolic OH excluding ortho intramolecular Hbond substituents is 1. The summed E-state index contributed by atoms with van der Waals surface area (Å²) in [6.07, 6.45) is 7.26. The zero-order valence-corrected chi connectivity index (χ0v) is 14.1. The van der Waals surface area contributed by atoms with E-state index >= 15 is 0 Å². The van der Waals surface area contributed by atoms with Crippen molar-refractivity contribution in [1.82, 2.24) is 0 Å². The molecule has 1 nitrogen and oxygen atoms in total. The van der Waals surface area contributed by atoms with Crippen LogP contribution in [0.1, 0.15) is 44.6 Å². The third-order valence-electron chi connectivity index (χ3n) is 3.03. The Bertz CT molecular complexity index is 324. The van der Waals surface area contributed by atoms with E-state index in [1.165, 1.54) is 37.7 Å². The Balaban J connectivity index is 2.21. The molecule has 2 unspecified atom stereocenters. The molecule has 1 aromatic carbocycles. The topological polar surface area (TPSA) is 20.2 Å². The molecule has 1 aromatic rings. The highest BCUT2D eigenvalue weighted by atomic mass is 79.9. The predicted octanol–water partition coefficient (Wildman–Crippen LogP) is 5.43. The number of alkyl halides is 2. The maximum atomic E-state index is 9.23. The molecule has 0 radical (unpaired) electrons. The molecule has 3 heteroatoms. The summed E-state index contributed by atoms with van der Waals surface area (Å²) in [5.41, 5.74) is 1.28. The van der Waals surface area contributed by atoms with Crippen molar-refractivity contribution in [2.24, 2.45) is 0 Å². The first-order valence-corrected chi connectivity index (χ1v) is 8.51. The van der Waals surface area contributed by atoms with Crippen molar-refractivity contribution in [2.75, 3.05) is 0 Å². The second-order valence-corrected chi connectivity index (χ2v) is 7.37. The lowest BCUT2D eigenvalue weighted by atomic mass is 10.0. The molecule has 2 atom stereocenters. The highest BCUT2D eigenvalue weighted by Gasteiger charge is 2.08. The maximum absolute atomic E-state index is 9.23. The second kappa shape index (κ2) is 8.98. The van der Waals surface area contributed by atoms with E-state index in [0.717, 1.165) is 6.42 Å². The van der Waals surface area contributed by atoms with E-state index < -0.39 is 0 Å². The lowest BCUT2D eigenvalue weighted by Gasteiger charge is -2.12. The summed E-state index contributed by atoms with van der Waals surface area (Å²) in [5.74, 6) is 0.339. The first-order valence-electron chi connectivity index (χ1n) is 6.68. The van der Waals surface area contributed by atoms with E-state index in [-0.39, 0.29) is 0 Å². The molecule has 0 aliphatic rings. The smallest absolute Gasteiger partial charge is 0.115 e. The molecule has 1 N–H and O–H groups in total. The third kappa shape index (κ3) is 6.79. The molecule has 0 fully saturated rings. The molecule has 0 amide bonds. The SMILES string of the molecule is CCCC(Br)CCCC(Br)Cc1ccc(O)cc1. The molecule has 0 saturated carbocycles. The number of benzene rings is 1. The normalized spacial score (nSPS) is 14.4. The Hall–Kier alpha value is -0.0200.